The molecule has 0 aromatic carbocycles. The van der Waals surface area contributed by atoms with E-state index in [0.29, 0.717) is 6.42 Å². The van der Waals surface area contributed by atoms with Crippen LogP contribution in [-0.4, -0.2) is 19.0 Å². The van der Waals surface area contributed by atoms with Crippen LogP contribution in [0, 0.1) is 0 Å². The Kier molecular flexibility index (Phi) is 4.03. The molecule has 0 spiro atoms. The van der Waals surface area contributed by atoms with Gasteiger partial charge in [-0.15, -0.1) is 0 Å². The molecule has 0 aromatic rings. The molecule has 1 atom stereocenters. The smallest absolute Gasteiger partial charge is 0.168 e. The summed E-state index contributed by atoms with van der Waals surface area (Å²) in [5, 5.41) is -1.03. The van der Waals surface area contributed by atoms with Crippen molar-refractivity contribution in [1.82, 2.24) is 0 Å². The fourth-order valence-corrected chi connectivity index (χ4v) is 2.06. The number of hydrogen-bond donors (Lipinski definition) is 1. The second kappa shape index (κ2) is 4.07. The van der Waals surface area contributed by atoms with Gasteiger partial charge in [-0.3, -0.25) is 0 Å². The lowest BCUT2D eigenvalue weighted by Gasteiger charge is -2.14. The molecular formula is C7H17NO2S. The predicted molar refractivity (Wildman–Crippen MR) is 46.9 cm³/mol. The van der Waals surface area contributed by atoms with Crippen LogP contribution >= 0.6 is 0 Å². The molecule has 0 aliphatic rings. The predicted octanol–water partition coefficient (Wildman–Crippen LogP) is 0.895. The van der Waals surface area contributed by atoms with Crippen LogP contribution in [-0.2, 0) is 9.84 Å². The highest BCUT2D eigenvalue weighted by Gasteiger charge is 2.23. The first-order valence-corrected chi connectivity index (χ1v) is 5.52. The lowest BCUT2D eigenvalue weighted by atomic mass is 10.3. The third-order valence-electron chi connectivity index (χ3n) is 1.65. The Morgan fingerprint density at radius 1 is 1.36 bits per heavy atom. The third kappa shape index (κ3) is 2.79. The summed E-state index contributed by atoms with van der Waals surface area (Å²) in [5.41, 5.74) is 5.47. The molecule has 0 amide bonds. The van der Waals surface area contributed by atoms with Gasteiger partial charge in [0.15, 0.2) is 9.84 Å². The first kappa shape index (κ1) is 10.9. The number of sulfone groups is 1. The van der Waals surface area contributed by atoms with Crippen LogP contribution in [0.2, 0.25) is 0 Å². The van der Waals surface area contributed by atoms with Gasteiger partial charge in [-0.25, -0.2) is 8.42 Å². The highest BCUT2D eigenvalue weighted by molar-refractivity contribution is 7.92. The van der Waals surface area contributed by atoms with Crippen LogP contribution in [0.15, 0.2) is 0 Å². The molecule has 1 unspecified atom stereocenters. The Morgan fingerprint density at radius 2 is 1.82 bits per heavy atom. The molecule has 68 valence electrons. The molecule has 0 aliphatic carbocycles. The van der Waals surface area contributed by atoms with Gasteiger partial charge in [0.1, 0.15) is 5.37 Å². The van der Waals surface area contributed by atoms with Crippen LogP contribution in [0.4, 0.5) is 0 Å². The minimum absolute atomic E-state index is 0.357. The van der Waals surface area contributed by atoms with E-state index in [1.807, 2.05) is 6.92 Å². The molecule has 0 aromatic heterocycles. The Labute approximate surface area is 68.9 Å². The summed E-state index contributed by atoms with van der Waals surface area (Å²) in [6, 6.07) is 0. The Bertz CT molecular complexity index is 196. The van der Waals surface area contributed by atoms with Gasteiger partial charge in [-0.1, -0.05) is 13.3 Å². The zero-order chi connectivity index (χ0) is 9.07. The normalized spacial score (nSPS) is 15.4. The van der Waals surface area contributed by atoms with E-state index < -0.39 is 15.2 Å². The van der Waals surface area contributed by atoms with Crippen LogP contribution in [0.25, 0.3) is 0 Å². The number of hydrogen-bond acceptors (Lipinski definition) is 3. The van der Waals surface area contributed by atoms with Gasteiger partial charge in [-0.2, -0.15) is 0 Å². The summed E-state index contributed by atoms with van der Waals surface area (Å²) >= 11 is 0. The van der Waals surface area contributed by atoms with E-state index in [0.717, 1.165) is 6.42 Å². The zero-order valence-electron chi connectivity index (χ0n) is 7.37. The second-order valence-electron chi connectivity index (χ2n) is 2.96. The van der Waals surface area contributed by atoms with Crippen molar-refractivity contribution in [2.24, 2.45) is 5.73 Å². The van der Waals surface area contributed by atoms with Crippen LogP contribution in [0.3, 0.4) is 0 Å². The van der Waals surface area contributed by atoms with Crippen molar-refractivity contribution in [3.63, 3.8) is 0 Å². The van der Waals surface area contributed by atoms with E-state index in [9.17, 15) is 8.42 Å². The van der Waals surface area contributed by atoms with E-state index in [2.05, 4.69) is 0 Å². The minimum Gasteiger partial charge on any atom is -0.315 e. The monoisotopic (exact) mass is 179 g/mol. The maximum Gasteiger partial charge on any atom is 0.168 e. The summed E-state index contributed by atoms with van der Waals surface area (Å²) in [6.45, 7) is 5.24. The standard InChI is InChI=1S/C7H17NO2S/c1-4-5-7(8)11(9,10)6(2)3/h6-7H,4-5,8H2,1-3H3. The summed E-state index contributed by atoms with van der Waals surface area (Å²) in [6.07, 6.45) is 1.37. The zero-order valence-corrected chi connectivity index (χ0v) is 8.19. The van der Waals surface area contributed by atoms with Crippen molar-refractivity contribution in [3.05, 3.63) is 0 Å². The first-order chi connectivity index (χ1) is 4.92. The molecule has 0 bridgehead atoms. The highest BCUT2D eigenvalue weighted by atomic mass is 32.2. The molecule has 11 heavy (non-hydrogen) atoms. The van der Waals surface area contributed by atoms with E-state index in [-0.39, 0.29) is 5.25 Å². The number of nitrogens with two attached hydrogens (primary N) is 1. The van der Waals surface area contributed by atoms with Crippen LogP contribution in [0.1, 0.15) is 33.6 Å². The summed E-state index contributed by atoms with van der Waals surface area (Å²) in [7, 11) is -3.06. The Morgan fingerprint density at radius 3 is 2.09 bits per heavy atom. The molecule has 2 N–H and O–H groups in total. The Hall–Kier alpha value is -0.0900. The van der Waals surface area contributed by atoms with Gasteiger partial charge >= 0.3 is 0 Å². The third-order valence-corrected chi connectivity index (χ3v) is 4.05. The fraction of sp³-hybridized carbons (Fsp3) is 1.00. The molecule has 0 saturated heterocycles. The molecule has 0 radical (unpaired) electrons. The van der Waals surface area contributed by atoms with Crippen molar-refractivity contribution in [2.45, 2.75) is 44.2 Å². The van der Waals surface area contributed by atoms with Gasteiger partial charge in [0.25, 0.3) is 0 Å². The highest BCUT2D eigenvalue weighted by Crippen LogP contribution is 2.09. The van der Waals surface area contributed by atoms with E-state index in [4.69, 9.17) is 5.73 Å². The SMILES string of the molecule is CCCC(N)S(=O)(=O)C(C)C. The van der Waals surface area contributed by atoms with Crippen LogP contribution in [0.5, 0.6) is 0 Å². The van der Waals surface area contributed by atoms with Gasteiger partial charge in [0.2, 0.25) is 0 Å². The fourth-order valence-electron chi connectivity index (χ4n) is 0.798. The quantitative estimate of drug-likeness (QED) is 0.697. The molecule has 4 heteroatoms. The molecule has 0 rings (SSSR count). The molecule has 0 fully saturated rings. The van der Waals surface area contributed by atoms with Crippen molar-refractivity contribution in [2.75, 3.05) is 0 Å². The average molecular weight is 179 g/mol. The van der Waals surface area contributed by atoms with Gasteiger partial charge in [0.05, 0.1) is 5.25 Å². The van der Waals surface area contributed by atoms with Gasteiger partial charge in [0, 0.05) is 0 Å². The molecule has 3 nitrogen and oxygen atoms in total. The largest absolute Gasteiger partial charge is 0.315 e. The van der Waals surface area contributed by atoms with E-state index in [1.54, 1.807) is 13.8 Å². The summed E-state index contributed by atoms with van der Waals surface area (Å²) in [5.74, 6) is 0. The Balaban J connectivity index is 4.32. The number of rotatable bonds is 4. The van der Waals surface area contributed by atoms with Crippen LogP contribution < -0.4 is 5.73 Å². The van der Waals surface area contributed by atoms with Gasteiger partial charge < -0.3 is 5.73 Å². The maximum absolute atomic E-state index is 11.3. The average Bonchev–Trinajstić information content (AvgIpc) is 1.88. The van der Waals surface area contributed by atoms with Crippen molar-refractivity contribution < 1.29 is 8.42 Å². The van der Waals surface area contributed by atoms with Crippen molar-refractivity contribution in [1.29, 1.82) is 0 Å². The molecule has 0 saturated carbocycles. The first-order valence-electron chi connectivity index (χ1n) is 3.91. The van der Waals surface area contributed by atoms with Gasteiger partial charge in [-0.05, 0) is 20.3 Å². The van der Waals surface area contributed by atoms with Crippen molar-refractivity contribution >= 4 is 9.84 Å². The lowest BCUT2D eigenvalue weighted by Crippen LogP contribution is -2.35. The lowest BCUT2D eigenvalue weighted by molar-refractivity contribution is 0.563. The summed E-state index contributed by atoms with van der Waals surface area (Å²) in [4.78, 5) is 0. The summed E-state index contributed by atoms with van der Waals surface area (Å²) < 4.78 is 22.6. The van der Waals surface area contributed by atoms with E-state index in [1.165, 1.54) is 0 Å². The minimum atomic E-state index is -3.06. The van der Waals surface area contributed by atoms with Crippen molar-refractivity contribution in [3.8, 4) is 0 Å². The molecule has 0 aliphatic heterocycles. The van der Waals surface area contributed by atoms with E-state index >= 15 is 0 Å². The maximum atomic E-state index is 11.3. The molecular weight excluding hydrogens is 162 g/mol. The second-order valence-corrected chi connectivity index (χ2v) is 5.69. The topological polar surface area (TPSA) is 60.2 Å². The molecule has 0 heterocycles.